The van der Waals surface area contributed by atoms with Gasteiger partial charge < -0.3 is 14.7 Å². The normalized spacial score (nSPS) is 10.4. The average Bonchev–Trinajstić information content (AvgIpc) is 2.54. The van der Waals surface area contributed by atoms with Gasteiger partial charge in [0.1, 0.15) is 5.75 Å². The molecule has 0 aliphatic heterocycles. The third-order valence-corrected chi connectivity index (χ3v) is 3.62. The highest BCUT2D eigenvalue weighted by Crippen LogP contribution is 2.18. The minimum absolute atomic E-state index is 0.0310. The quantitative estimate of drug-likeness (QED) is 0.855. The Bertz CT molecular complexity index is 640. The minimum atomic E-state index is -0.136. The van der Waals surface area contributed by atoms with E-state index in [0.717, 1.165) is 16.7 Å². The van der Waals surface area contributed by atoms with E-state index in [2.05, 4.69) is 0 Å². The molecule has 0 atom stereocenters. The first-order valence-corrected chi connectivity index (χ1v) is 7.73. The van der Waals surface area contributed by atoms with Gasteiger partial charge in [-0.2, -0.15) is 0 Å². The van der Waals surface area contributed by atoms with Crippen molar-refractivity contribution in [2.45, 2.75) is 20.4 Å². The van der Waals surface area contributed by atoms with Gasteiger partial charge in [0, 0.05) is 13.1 Å². The van der Waals surface area contributed by atoms with Gasteiger partial charge in [-0.1, -0.05) is 48.0 Å². The Kier molecular flexibility index (Phi) is 6.18. The van der Waals surface area contributed by atoms with E-state index >= 15 is 0 Å². The Balaban J connectivity index is 1.97. The molecule has 0 aliphatic rings. The van der Waals surface area contributed by atoms with Crippen LogP contribution in [0.4, 0.5) is 0 Å². The number of hydrogen-bond donors (Lipinski definition) is 1. The molecule has 0 aliphatic carbocycles. The third kappa shape index (κ3) is 5.11. The van der Waals surface area contributed by atoms with Crippen molar-refractivity contribution in [2.75, 3.05) is 19.8 Å². The number of amides is 1. The van der Waals surface area contributed by atoms with E-state index in [1.807, 2.05) is 62.4 Å². The van der Waals surface area contributed by atoms with Gasteiger partial charge in [0.05, 0.1) is 6.61 Å². The highest BCUT2D eigenvalue weighted by Gasteiger charge is 2.14. The van der Waals surface area contributed by atoms with Crippen LogP contribution in [0.5, 0.6) is 5.75 Å². The Labute approximate surface area is 137 Å². The maximum Gasteiger partial charge on any atom is 0.260 e. The highest BCUT2D eigenvalue weighted by molar-refractivity contribution is 5.77. The van der Waals surface area contributed by atoms with Gasteiger partial charge in [0.2, 0.25) is 0 Å². The topological polar surface area (TPSA) is 49.8 Å². The molecule has 0 heterocycles. The van der Waals surface area contributed by atoms with Crippen molar-refractivity contribution in [3.63, 3.8) is 0 Å². The highest BCUT2D eigenvalue weighted by atomic mass is 16.5. The second kappa shape index (κ2) is 8.34. The van der Waals surface area contributed by atoms with Crippen LogP contribution in [0.25, 0.3) is 0 Å². The van der Waals surface area contributed by atoms with Crippen LogP contribution in [-0.2, 0) is 11.3 Å². The van der Waals surface area contributed by atoms with E-state index < -0.39 is 0 Å². The van der Waals surface area contributed by atoms with Gasteiger partial charge in [0.15, 0.2) is 6.61 Å². The smallest absolute Gasteiger partial charge is 0.260 e. The van der Waals surface area contributed by atoms with E-state index in [0.29, 0.717) is 18.8 Å². The molecule has 1 amide bonds. The van der Waals surface area contributed by atoms with Crippen molar-refractivity contribution < 1.29 is 14.6 Å². The summed E-state index contributed by atoms with van der Waals surface area (Å²) < 4.78 is 5.65. The SMILES string of the molecule is Cc1ccc(OCC(=O)N(CCO)Cc2ccccc2)c(C)c1. The molecular weight excluding hydrogens is 290 g/mol. The van der Waals surface area contributed by atoms with Gasteiger partial charge in [-0.25, -0.2) is 0 Å². The van der Waals surface area contributed by atoms with E-state index in [1.165, 1.54) is 0 Å². The van der Waals surface area contributed by atoms with Crippen molar-refractivity contribution in [2.24, 2.45) is 0 Å². The largest absolute Gasteiger partial charge is 0.484 e. The maximum absolute atomic E-state index is 12.4. The zero-order chi connectivity index (χ0) is 16.7. The number of carbonyl (C=O) groups is 1. The third-order valence-electron chi connectivity index (χ3n) is 3.62. The van der Waals surface area contributed by atoms with Crippen LogP contribution in [0.1, 0.15) is 16.7 Å². The van der Waals surface area contributed by atoms with E-state index in [-0.39, 0.29) is 19.1 Å². The van der Waals surface area contributed by atoms with Crippen molar-refractivity contribution in [1.29, 1.82) is 0 Å². The van der Waals surface area contributed by atoms with Crippen LogP contribution in [0.15, 0.2) is 48.5 Å². The molecule has 2 aromatic carbocycles. The summed E-state index contributed by atoms with van der Waals surface area (Å²) in [5, 5.41) is 9.19. The molecule has 0 fully saturated rings. The fourth-order valence-electron chi connectivity index (χ4n) is 2.41. The molecule has 1 N–H and O–H groups in total. The lowest BCUT2D eigenvalue weighted by Gasteiger charge is -2.22. The van der Waals surface area contributed by atoms with Gasteiger partial charge in [-0.15, -0.1) is 0 Å². The van der Waals surface area contributed by atoms with Crippen LogP contribution in [0.2, 0.25) is 0 Å². The molecule has 2 rings (SSSR count). The summed E-state index contributed by atoms with van der Waals surface area (Å²) in [5.41, 5.74) is 3.20. The van der Waals surface area contributed by atoms with Crippen LogP contribution in [0.3, 0.4) is 0 Å². The lowest BCUT2D eigenvalue weighted by molar-refractivity contribution is -0.134. The minimum Gasteiger partial charge on any atom is -0.484 e. The molecule has 23 heavy (non-hydrogen) atoms. The number of aliphatic hydroxyl groups excluding tert-OH is 1. The van der Waals surface area contributed by atoms with Gasteiger partial charge >= 0.3 is 0 Å². The number of benzene rings is 2. The second-order valence-electron chi connectivity index (χ2n) is 5.58. The maximum atomic E-state index is 12.4. The van der Waals surface area contributed by atoms with E-state index in [4.69, 9.17) is 4.74 Å². The molecule has 0 aromatic heterocycles. The van der Waals surface area contributed by atoms with Crippen molar-refractivity contribution in [3.8, 4) is 5.75 Å². The molecule has 0 bridgehead atoms. The van der Waals surface area contributed by atoms with Crippen LogP contribution < -0.4 is 4.74 Å². The van der Waals surface area contributed by atoms with Crippen molar-refractivity contribution >= 4 is 5.91 Å². The molecule has 4 nitrogen and oxygen atoms in total. The zero-order valence-electron chi connectivity index (χ0n) is 13.7. The van der Waals surface area contributed by atoms with Crippen molar-refractivity contribution in [3.05, 3.63) is 65.2 Å². The summed E-state index contributed by atoms with van der Waals surface area (Å²) in [6.45, 7) is 4.65. The predicted molar refractivity (Wildman–Crippen MR) is 90.4 cm³/mol. The number of aryl methyl sites for hydroxylation is 2. The number of nitrogens with zero attached hydrogens (tertiary/aromatic N) is 1. The van der Waals surface area contributed by atoms with Gasteiger partial charge in [-0.05, 0) is 31.0 Å². The Morgan fingerprint density at radius 1 is 1.13 bits per heavy atom. The zero-order valence-corrected chi connectivity index (χ0v) is 13.7. The Morgan fingerprint density at radius 2 is 1.87 bits per heavy atom. The number of carbonyl (C=O) groups excluding carboxylic acids is 1. The first-order chi connectivity index (χ1) is 11.1. The Hall–Kier alpha value is -2.33. The molecule has 4 heteroatoms. The standard InChI is InChI=1S/C19H23NO3/c1-15-8-9-18(16(2)12-15)23-14-19(22)20(10-11-21)13-17-6-4-3-5-7-17/h3-9,12,21H,10-11,13-14H2,1-2H3. The summed E-state index contributed by atoms with van der Waals surface area (Å²) in [5.74, 6) is 0.579. The molecule has 122 valence electrons. The summed E-state index contributed by atoms with van der Waals surface area (Å²) in [7, 11) is 0. The number of rotatable bonds is 7. The van der Waals surface area contributed by atoms with Gasteiger partial charge in [-0.3, -0.25) is 4.79 Å². The lowest BCUT2D eigenvalue weighted by atomic mass is 10.1. The fourth-order valence-corrected chi connectivity index (χ4v) is 2.41. The molecular formula is C19H23NO3. The summed E-state index contributed by atoms with van der Waals surface area (Å²) in [6.07, 6.45) is 0. The molecule has 0 spiro atoms. The summed E-state index contributed by atoms with van der Waals surface area (Å²) in [6, 6.07) is 15.6. The molecule has 2 aromatic rings. The molecule has 0 radical (unpaired) electrons. The predicted octanol–water partition coefficient (Wildman–Crippen LogP) is 2.70. The van der Waals surface area contributed by atoms with E-state index in [9.17, 15) is 9.90 Å². The Morgan fingerprint density at radius 3 is 2.52 bits per heavy atom. The first kappa shape index (κ1) is 17.0. The van der Waals surface area contributed by atoms with Gasteiger partial charge in [0.25, 0.3) is 5.91 Å². The first-order valence-electron chi connectivity index (χ1n) is 7.73. The molecule has 0 saturated heterocycles. The van der Waals surface area contributed by atoms with E-state index in [1.54, 1.807) is 4.90 Å². The summed E-state index contributed by atoms with van der Waals surface area (Å²) >= 11 is 0. The van der Waals surface area contributed by atoms with Crippen LogP contribution >= 0.6 is 0 Å². The molecule has 0 saturated carbocycles. The fraction of sp³-hybridized carbons (Fsp3) is 0.316. The lowest BCUT2D eigenvalue weighted by Crippen LogP contribution is -2.36. The number of hydrogen-bond acceptors (Lipinski definition) is 3. The second-order valence-corrected chi connectivity index (χ2v) is 5.58. The van der Waals surface area contributed by atoms with Crippen LogP contribution in [0, 0.1) is 13.8 Å². The molecule has 0 unspecified atom stereocenters. The number of aliphatic hydroxyl groups is 1. The summed E-state index contributed by atoms with van der Waals surface area (Å²) in [4.78, 5) is 14.0. The monoisotopic (exact) mass is 313 g/mol. The van der Waals surface area contributed by atoms with Crippen molar-refractivity contribution in [1.82, 2.24) is 4.90 Å². The number of ether oxygens (including phenoxy) is 1. The average molecular weight is 313 g/mol. The van der Waals surface area contributed by atoms with Crippen LogP contribution in [-0.4, -0.2) is 35.7 Å².